The van der Waals surface area contributed by atoms with Crippen LogP contribution in [0.4, 0.5) is 5.82 Å². The predicted molar refractivity (Wildman–Crippen MR) is 133 cm³/mol. The van der Waals surface area contributed by atoms with Gasteiger partial charge in [-0.15, -0.1) is 12.4 Å². The van der Waals surface area contributed by atoms with Crippen molar-refractivity contribution >= 4 is 29.0 Å². The van der Waals surface area contributed by atoms with Gasteiger partial charge in [-0.2, -0.15) is 0 Å². The fourth-order valence-corrected chi connectivity index (χ4v) is 5.11. The van der Waals surface area contributed by atoms with E-state index < -0.39 is 0 Å². The van der Waals surface area contributed by atoms with Crippen LogP contribution in [0.25, 0.3) is 10.8 Å². The molecule has 1 unspecified atom stereocenters. The minimum Gasteiger partial charge on any atom is -0.491 e. The minimum absolute atomic E-state index is 0. The van der Waals surface area contributed by atoms with Gasteiger partial charge >= 0.3 is 0 Å². The smallest absolute Gasteiger partial charge is 0.136 e. The molecule has 1 atom stereocenters. The third-order valence-corrected chi connectivity index (χ3v) is 6.79. The topological polar surface area (TPSA) is 48.8 Å². The van der Waals surface area contributed by atoms with Crippen LogP contribution in [-0.4, -0.2) is 60.9 Å². The second kappa shape index (κ2) is 10.1. The van der Waals surface area contributed by atoms with Crippen molar-refractivity contribution in [3.8, 4) is 5.75 Å². The van der Waals surface area contributed by atoms with Gasteiger partial charge in [0.2, 0.25) is 0 Å². The fourth-order valence-electron chi connectivity index (χ4n) is 5.11. The van der Waals surface area contributed by atoms with Crippen LogP contribution in [0.15, 0.2) is 48.5 Å². The minimum atomic E-state index is 0. The Bertz CT molecular complexity index is 1070. The molecular formula is C26H32ClN3O2. The Kier molecular flexibility index (Phi) is 7.19. The molecule has 2 aromatic carbocycles. The van der Waals surface area contributed by atoms with Crippen LogP contribution in [0, 0.1) is 0 Å². The Morgan fingerprint density at radius 2 is 1.88 bits per heavy atom. The lowest BCUT2D eigenvalue weighted by atomic mass is 9.95. The number of likely N-dealkylation sites (N-methyl/N-ethyl adjacent to an activating group) is 1. The second-order valence-corrected chi connectivity index (χ2v) is 8.50. The molecule has 1 fully saturated rings. The van der Waals surface area contributed by atoms with E-state index in [1.54, 1.807) is 0 Å². The fraction of sp³-hybridized carbons (Fsp3) is 0.423. The van der Waals surface area contributed by atoms with E-state index in [0.717, 1.165) is 62.8 Å². The number of piperazine rings is 1. The summed E-state index contributed by atoms with van der Waals surface area (Å²) in [6.07, 6.45) is 2.03. The molecule has 6 heteroatoms. The van der Waals surface area contributed by atoms with Crippen LogP contribution < -0.4 is 9.64 Å². The maximum absolute atomic E-state index is 9.15. The Hall–Kier alpha value is -2.34. The molecule has 0 saturated carbocycles. The monoisotopic (exact) mass is 453 g/mol. The number of benzene rings is 2. The third-order valence-electron chi connectivity index (χ3n) is 6.79. The normalized spacial score (nSPS) is 18.4. The number of aliphatic hydroxyl groups is 1. The molecule has 5 rings (SSSR count). The Labute approximate surface area is 196 Å². The lowest BCUT2D eigenvalue weighted by molar-refractivity contribution is 0.200. The molecule has 0 spiro atoms. The maximum Gasteiger partial charge on any atom is 0.136 e. The predicted octanol–water partition coefficient (Wildman–Crippen LogP) is 4.25. The Morgan fingerprint density at radius 1 is 1.06 bits per heavy atom. The highest BCUT2D eigenvalue weighted by Gasteiger charge is 2.29. The molecule has 170 valence electrons. The molecule has 3 aromatic rings. The van der Waals surface area contributed by atoms with Gasteiger partial charge in [0.25, 0.3) is 0 Å². The van der Waals surface area contributed by atoms with Gasteiger partial charge in [0.15, 0.2) is 0 Å². The molecule has 0 radical (unpaired) electrons. The maximum atomic E-state index is 9.15. The Balaban J connectivity index is 0.00000245. The summed E-state index contributed by atoms with van der Waals surface area (Å²) in [4.78, 5) is 10.2. The summed E-state index contributed by atoms with van der Waals surface area (Å²) in [6.45, 7) is 7.95. The van der Waals surface area contributed by atoms with Gasteiger partial charge < -0.3 is 19.6 Å². The summed E-state index contributed by atoms with van der Waals surface area (Å²) >= 11 is 0. The SMILES string of the molecule is CCN1CCN(c2nc(C3CCc4c(OCCO)cccc43)cc3ccccc23)CC1.Cl. The lowest BCUT2D eigenvalue weighted by Crippen LogP contribution is -2.46. The lowest BCUT2D eigenvalue weighted by Gasteiger charge is -2.35. The first-order chi connectivity index (χ1) is 15.3. The van der Waals surface area contributed by atoms with E-state index in [0.29, 0.717) is 6.61 Å². The molecule has 0 bridgehead atoms. The molecule has 2 heterocycles. The summed E-state index contributed by atoms with van der Waals surface area (Å²) in [5.74, 6) is 2.32. The zero-order chi connectivity index (χ0) is 21.2. The number of halogens is 1. The molecule has 5 nitrogen and oxygen atoms in total. The average molecular weight is 454 g/mol. The van der Waals surface area contributed by atoms with Crippen molar-refractivity contribution < 1.29 is 9.84 Å². The highest BCUT2D eigenvalue weighted by molar-refractivity contribution is 5.93. The number of rotatable bonds is 6. The van der Waals surface area contributed by atoms with Gasteiger partial charge in [0.05, 0.1) is 12.3 Å². The van der Waals surface area contributed by atoms with Crippen LogP contribution in [0.1, 0.15) is 36.1 Å². The van der Waals surface area contributed by atoms with Crippen LogP contribution in [0.3, 0.4) is 0 Å². The van der Waals surface area contributed by atoms with Gasteiger partial charge in [0, 0.05) is 37.5 Å². The molecule has 1 aliphatic carbocycles. The zero-order valence-corrected chi connectivity index (χ0v) is 19.5. The number of aromatic nitrogens is 1. The van der Waals surface area contributed by atoms with Crippen molar-refractivity contribution in [1.29, 1.82) is 0 Å². The first kappa shape index (κ1) is 22.8. The number of aliphatic hydroxyl groups excluding tert-OH is 1. The zero-order valence-electron chi connectivity index (χ0n) is 18.7. The number of nitrogens with zero attached hydrogens (tertiary/aromatic N) is 3. The van der Waals surface area contributed by atoms with Crippen LogP contribution >= 0.6 is 12.4 Å². The quantitative estimate of drug-likeness (QED) is 0.604. The first-order valence-corrected chi connectivity index (χ1v) is 11.5. The number of pyridine rings is 1. The summed E-state index contributed by atoms with van der Waals surface area (Å²) in [6, 6.07) is 17.2. The number of ether oxygens (including phenoxy) is 1. The standard InChI is InChI=1S/C26H31N3O2.ClH/c1-2-28-12-14-29(15-13-28)26-20-7-4-3-6-19(20)18-24(27-26)22-10-11-23-21(22)8-5-9-25(23)31-17-16-30;/h3-9,18,22,30H,2,10-17H2,1H3;1H. The molecule has 1 aromatic heterocycles. The van der Waals surface area contributed by atoms with E-state index in [1.165, 1.54) is 21.9 Å². The van der Waals surface area contributed by atoms with Crippen LogP contribution in [-0.2, 0) is 6.42 Å². The van der Waals surface area contributed by atoms with E-state index in [-0.39, 0.29) is 24.9 Å². The number of anilines is 1. The summed E-state index contributed by atoms with van der Waals surface area (Å²) in [5, 5.41) is 11.7. The van der Waals surface area contributed by atoms with Gasteiger partial charge in [0.1, 0.15) is 18.2 Å². The highest BCUT2D eigenvalue weighted by atomic mass is 35.5. The van der Waals surface area contributed by atoms with Crippen molar-refractivity contribution in [1.82, 2.24) is 9.88 Å². The Morgan fingerprint density at radius 3 is 2.66 bits per heavy atom. The van der Waals surface area contributed by atoms with Crippen molar-refractivity contribution in [2.24, 2.45) is 0 Å². The number of fused-ring (bicyclic) bond motifs is 2. The highest BCUT2D eigenvalue weighted by Crippen LogP contribution is 2.43. The van der Waals surface area contributed by atoms with Crippen molar-refractivity contribution in [2.75, 3.05) is 50.8 Å². The summed E-state index contributed by atoms with van der Waals surface area (Å²) < 4.78 is 5.81. The second-order valence-electron chi connectivity index (χ2n) is 8.50. The molecular weight excluding hydrogens is 422 g/mol. The van der Waals surface area contributed by atoms with E-state index >= 15 is 0 Å². The van der Waals surface area contributed by atoms with Crippen LogP contribution in [0.5, 0.6) is 5.75 Å². The van der Waals surface area contributed by atoms with E-state index in [4.69, 9.17) is 14.8 Å². The van der Waals surface area contributed by atoms with E-state index in [1.807, 2.05) is 6.07 Å². The molecule has 32 heavy (non-hydrogen) atoms. The number of hydrogen-bond acceptors (Lipinski definition) is 5. The summed E-state index contributed by atoms with van der Waals surface area (Å²) in [5.41, 5.74) is 3.75. The molecule has 1 N–H and O–H groups in total. The van der Waals surface area contributed by atoms with Gasteiger partial charge in [-0.1, -0.05) is 43.3 Å². The van der Waals surface area contributed by atoms with Gasteiger partial charge in [-0.05, 0) is 48.0 Å². The van der Waals surface area contributed by atoms with Crippen LogP contribution in [0.2, 0.25) is 0 Å². The average Bonchev–Trinajstić information content (AvgIpc) is 3.27. The molecule has 1 aliphatic heterocycles. The molecule has 1 saturated heterocycles. The third kappa shape index (κ3) is 4.29. The first-order valence-electron chi connectivity index (χ1n) is 11.5. The van der Waals surface area contributed by atoms with Gasteiger partial charge in [-0.3, -0.25) is 0 Å². The van der Waals surface area contributed by atoms with E-state index in [9.17, 15) is 0 Å². The summed E-state index contributed by atoms with van der Waals surface area (Å²) in [7, 11) is 0. The van der Waals surface area contributed by atoms with Crippen molar-refractivity contribution in [3.05, 3.63) is 65.4 Å². The van der Waals surface area contributed by atoms with Gasteiger partial charge in [-0.25, -0.2) is 4.98 Å². The van der Waals surface area contributed by atoms with Crippen molar-refractivity contribution in [2.45, 2.75) is 25.7 Å². The van der Waals surface area contributed by atoms with Crippen molar-refractivity contribution in [3.63, 3.8) is 0 Å². The molecule has 0 amide bonds. The van der Waals surface area contributed by atoms with E-state index in [2.05, 4.69) is 59.2 Å². The molecule has 2 aliphatic rings. The largest absolute Gasteiger partial charge is 0.491 e. The number of hydrogen-bond donors (Lipinski definition) is 1.